The van der Waals surface area contributed by atoms with Crippen LogP contribution in [-0.4, -0.2) is 24.0 Å². The minimum Gasteiger partial charge on any atom is -0.444 e. The molecule has 1 fully saturated rings. The lowest BCUT2D eigenvalue weighted by Crippen LogP contribution is -2.31. The Hall–Kier alpha value is -1.36. The van der Waals surface area contributed by atoms with Gasteiger partial charge in [-0.1, -0.05) is 0 Å². The average Bonchev–Trinajstić information content (AvgIpc) is 2.84. The van der Waals surface area contributed by atoms with E-state index < -0.39 is 0 Å². The zero-order valence-corrected chi connectivity index (χ0v) is 8.75. The van der Waals surface area contributed by atoms with Gasteiger partial charge in [0, 0.05) is 6.54 Å². The van der Waals surface area contributed by atoms with Crippen LogP contribution >= 0.6 is 0 Å². The highest BCUT2D eigenvalue weighted by Crippen LogP contribution is 2.07. The highest BCUT2D eigenvalue weighted by Gasteiger charge is 2.22. The molecule has 1 unspecified atom stereocenters. The van der Waals surface area contributed by atoms with Crippen LogP contribution in [0.15, 0.2) is 10.6 Å². The third-order valence-corrected chi connectivity index (χ3v) is 2.51. The number of carbonyl (C=O) groups is 1. The molecule has 5 heteroatoms. The van der Waals surface area contributed by atoms with Crippen molar-refractivity contribution in [1.82, 2.24) is 15.6 Å². The summed E-state index contributed by atoms with van der Waals surface area (Å²) < 4.78 is 5.26. The SMILES string of the molecule is Cc1cnc(CNC(=O)C2CCNC2)o1. The predicted molar refractivity (Wildman–Crippen MR) is 54.1 cm³/mol. The summed E-state index contributed by atoms with van der Waals surface area (Å²) in [5.74, 6) is 1.51. The van der Waals surface area contributed by atoms with E-state index in [1.807, 2.05) is 6.92 Å². The first kappa shape index (κ1) is 10.2. The number of amides is 1. The van der Waals surface area contributed by atoms with Crippen molar-refractivity contribution < 1.29 is 9.21 Å². The summed E-state index contributed by atoms with van der Waals surface area (Å²) in [7, 11) is 0. The van der Waals surface area contributed by atoms with Crippen LogP contribution in [-0.2, 0) is 11.3 Å². The molecular formula is C10H15N3O2. The summed E-state index contributed by atoms with van der Waals surface area (Å²) >= 11 is 0. The van der Waals surface area contributed by atoms with Gasteiger partial charge in [-0.25, -0.2) is 4.98 Å². The van der Waals surface area contributed by atoms with Crippen LogP contribution < -0.4 is 10.6 Å². The van der Waals surface area contributed by atoms with E-state index in [9.17, 15) is 4.79 Å². The third-order valence-electron chi connectivity index (χ3n) is 2.51. The van der Waals surface area contributed by atoms with Gasteiger partial charge in [-0.15, -0.1) is 0 Å². The fourth-order valence-electron chi connectivity index (χ4n) is 1.67. The van der Waals surface area contributed by atoms with Crippen molar-refractivity contribution in [3.8, 4) is 0 Å². The number of aryl methyl sites for hydroxylation is 1. The Kier molecular flexibility index (Phi) is 3.01. The van der Waals surface area contributed by atoms with Crippen molar-refractivity contribution >= 4 is 5.91 Å². The number of oxazole rings is 1. The zero-order chi connectivity index (χ0) is 10.7. The Morgan fingerprint density at radius 3 is 3.27 bits per heavy atom. The Morgan fingerprint density at radius 1 is 1.80 bits per heavy atom. The molecule has 0 radical (unpaired) electrons. The van der Waals surface area contributed by atoms with Gasteiger partial charge in [-0.05, 0) is 19.9 Å². The van der Waals surface area contributed by atoms with Gasteiger partial charge in [-0.2, -0.15) is 0 Å². The molecule has 2 rings (SSSR count). The van der Waals surface area contributed by atoms with E-state index in [2.05, 4.69) is 15.6 Å². The van der Waals surface area contributed by atoms with Crippen molar-refractivity contribution in [3.05, 3.63) is 17.8 Å². The minimum absolute atomic E-state index is 0.0795. The molecule has 1 aliphatic rings. The summed E-state index contributed by atoms with van der Waals surface area (Å²) in [5, 5.41) is 5.97. The van der Waals surface area contributed by atoms with Gasteiger partial charge in [0.1, 0.15) is 5.76 Å². The summed E-state index contributed by atoms with van der Waals surface area (Å²) in [4.78, 5) is 15.6. The second-order valence-corrected chi connectivity index (χ2v) is 3.77. The van der Waals surface area contributed by atoms with Crippen LogP contribution in [0.25, 0.3) is 0 Å². The first-order valence-electron chi connectivity index (χ1n) is 5.15. The summed E-state index contributed by atoms with van der Waals surface area (Å²) in [6.07, 6.45) is 2.56. The number of hydrogen-bond acceptors (Lipinski definition) is 4. The Balaban J connectivity index is 1.80. The molecular weight excluding hydrogens is 194 g/mol. The minimum atomic E-state index is 0.0795. The lowest BCUT2D eigenvalue weighted by Gasteiger charge is -2.07. The van der Waals surface area contributed by atoms with Crippen molar-refractivity contribution in [2.24, 2.45) is 5.92 Å². The van der Waals surface area contributed by atoms with E-state index in [0.717, 1.165) is 25.3 Å². The molecule has 1 aromatic heterocycles. The van der Waals surface area contributed by atoms with Crippen molar-refractivity contribution in [2.45, 2.75) is 19.9 Å². The Bertz CT molecular complexity index is 342. The number of rotatable bonds is 3. The van der Waals surface area contributed by atoms with E-state index in [4.69, 9.17) is 4.42 Å². The standard InChI is InChI=1S/C10H15N3O2/c1-7-4-12-9(15-7)6-13-10(14)8-2-3-11-5-8/h4,8,11H,2-3,5-6H2,1H3,(H,13,14). The second-order valence-electron chi connectivity index (χ2n) is 3.77. The maximum Gasteiger partial charge on any atom is 0.224 e. The number of hydrogen-bond donors (Lipinski definition) is 2. The van der Waals surface area contributed by atoms with E-state index >= 15 is 0 Å². The average molecular weight is 209 g/mol. The summed E-state index contributed by atoms with van der Waals surface area (Å²) in [6, 6.07) is 0. The van der Waals surface area contributed by atoms with Crippen molar-refractivity contribution in [3.63, 3.8) is 0 Å². The molecule has 0 aromatic carbocycles. The molecule has 82 valence electrons. The molecule has 1 atom stereocenters. The van der Waals surface area contributed by atoms with Crippen LogP contribution in [0.5, 0.6) is 0 Å². The van der Waals surface area contributed by atoms with Crippen LogP contribution in [0, 0.1) is 12.8 Å². The first-order valence-corrected chi connectivity index (χ1v) is 5.15. The van der Waals surface area contributed by atoms with E-state index in [0.29, 0.717) is 12.4 Å². The lowest BCUT2D eigenvalue weighted by atomic mass is 10.1. The van der Waals surface area contributed by atoms with Gasteiger partial charge in [0.05, 0.1) is 18.7 Å². The topological polar surface area (TPSA) is 67.2 Å². The fraction of sp³-hybridized carbons (Fsp3) is 0.600. The van der Waals surface area contributed by atoms with Gasteiger partial charge in [0.25, 0.3) is 0 Å². The predicted octanol–water partition coefficient (Wildman–Crippen LogP) is 0.209. The second kappa shape index (κ2) is 4.44. The molecule has 2 heterocycles. The van der Waals surface area contributed by atoms with Crippen molar-refractivity contribution in [1.29, 1.82) is 0 Å². The molecule has 5 nitrogen and oxygen atoms in total. The van der Waals surface area contributed by atoms with E-state index in [1.165, 1.54) is 0 Å². The third kappa shape index (κ3) is 2.56. The molecule has 15 heavy (non-hydrogen) atoms. The largest absolute Gasteiger partial charge is 0.444 e. The van der Waals surface area contributed by atoms with Crippen LogP contribution in [0.1, 0.15) is 18.1 Å². The number of nitrogens with zero attached hydrogens (tertiary/aromatic N) is 1. The lowest BCUT2D eigenvalue weighted by molar-refractivity contribution is -0.124. The smallest absolute Gasteiger partial charge is 0.224 e. The van der Waals surface area contributed by atoms with Crippen LogP contribution in [0.3, 0.4) is 0 Å². The Morgan fingerprint density at radius 2 is 2.67 bits per heavy atom. The van der Waals surface area contributed by atoms with Gasteiger partial charge < -0.3 is 15.1 Å². The molecule has 2 N–H and O–H groups in total. The van der Waals surface area contributed by atoms with Gasteiger partial charge >= 0.3 is 0 Å². The Labute approximate surface area is 88.3 Å². The van der Waals surface area contributed by atoms with E-state index in [-0.39, 0.29) is 11.8 Å². The molecule has 0 spiro atoms. The molecule has 1 aliphatic heterocycles. The monoisotopic (exact) mass is 209 g/mol. The van der Waals surface area contributed by atoms with Gasteiger partial charge in [0.15, 0.2) is 0 Å². The van der Waals surface area contributed by atoms with Crippen LogP contribution in [0.4, 0.5) is 0 Å². The fourth-order valence-corrected chi connectivity index (χ4v) is 1.67. The molecule has 1 amide bonds. The normalized spacial score (nSPS) is 20.5. The molecule has 1 saturated heterocycles. The molecule has 1 aromatic rings. The number of nitrogens with one attached hydrogen (secondary N) is 2. The maximum absolute atomic E-state index is 11.6. The first-order chi connectivity index (χ1) is 7.25. The molecule has 0 bridgehead atoms. The summed E-state index contributed by atoms with van der Waals surface area (Å²) in [6.45, 7) is 3.91. The zero-order valence-electron chi connectivity index (χ0n) is 8.75. The quantitative estimate of drug-likeness (QED) is 0.746. The van der Waals surface area contributed by atoms with Gasteiger partial charge in [-0.3, -0.25) is 4.79 Å². The number of carbonyl (C=O) groups excluding carboxylic acids is 1. The molecule has 0 saturated carbocycles. The number of aromatic nitrogens is 1. The van der Waals surface area contributed by atoms with E-state index in [1.54, 1.807) is 6.20 Å². The van der Waals surface area contributed by atoms with Gasteiger partial charge in [0.2, 0.25) is 11.8 Å². The van der Waals surface area contributed by atoms with Crippen molar-refractivity contribution in [2.75, 3.05) is 13.1 Å². The maximum atomic E-state index is 11.6. The highest BCUT2D eigenvalue weighted by atomic mass is 16.4. The molecule has 0 aliphatic carbocycles. The van der Waals surface area contributed by atoms with Crippen LogP contribution in [0.2, 0.25) is 0 Å². The summed E-state index contributed by atoms with van der Waals surface area (Å²) in [5.41, 5.74) is 0. The highest BCUT2D eigenvalue weighted by molar-refractivity contribution is 5.79.